The van der Waals surface area contributed by atoms with E-state index in [1.165, 1.54) is 4.31 Å². The normalized spacial score (nSPS) is 20.6. The van der Waals surface area contributed by atoms with E-state index in [2.05, 4.69) is 5.32 Å². The van der Waals surface area contributed by atoms with Gasteiger partial charge in [0.05, 0.1) is 11.4 Å². The lowest BCUT2D eigenvalue weighted by Gasteiger charge is -2.34. The van der Waals surface area contributed by atoms with Gasteiger partial charge in [0.2, 0.25) is 21.8 Å². The monoisotopic (exact) mass is 496 g/mol. The number of hydrogen-bond donors (Lipinski definition) is 1. The van der Waals surface area contributed by atoms with Crippen molar-refractivity contribution in [3.05, 3.63) is 65.2 Å². The van der Waals surface area contributed by atoms with E-state index in [1.54, 1.807) is 58.3 Å². The molecule has 2 aromatic rings. The van der Waals surface area contributed by atoms with Gasteiger partial charge in [0.25, 0.3) is 5.91 Å². The van der Waals surface area contributed by atoms with Gasteiger partial charge >= 0.3 is 0 Å². The number of piperazine rings is 1. The van der Waals surface area contributed by atoms with E-state index in [0.717, 1.165) is 18.4 Å². The van der Waals surface area contributed by atoms with Gasteiger partial charge < -0.3 is 15.1 Å². The van der Waals surface area contributed by atoms with Crippen molar-refractivity contribution in [2.24, 2.45) is 0 Å². The van der Waals surface area contributed by atoms with Crippen LogP contribution in [0.3, 0.4) is 0 Å². The van der Waals surface area contributed by atoms with Crippen molar-refractivity contribution in [3.63, 3.8) is 0 Å². The summed E-state index contributed by atoms with van der Waals surface area (Å²) >= 11 is 0. The second-order valence-electron chi connectivity index (χ2n) is 9.25. The number of amides is 3. The van der Waals surface area contributed by atoms with Crippen LogP contribution in [0.2, 0.25) is 0 Å². The number of nitrogens with one attached hydrogen (secondary N) is 1. The molecule has 1 aliphatic carbocycles. The van der Waals surface area contributed by atoms with Gasteiger partial charge in [0, 0.05) is 37.8 Å². The molecule has 9 nitrogen and oxygen atoms in total. The highest BCUT2D eigenvalue weighted by molar-refractivity contribution is 7.89. The highest BCUT2D eigenvalue weighted by atomic mass is 32.2. The fourth-order valence-electron chi connectivity index (χ4n) is 4.74. The molecule has 1 saturated heterocycles. The smallest absolute Gasteiger partial charge is 0.255 e. The Morgan fingerprint density at radius 3 is 2.29 bits per heavy atom. The molecule has 10 heteroatoms. The Balaban J connectivity index is 1.18. The molecule has 0 spiro atoms. The summed E-state index contributed by atoms with van der Waals surface area (Å²) in [5.74, 6) is -0.786. The average Bonchev–Trinajstić information content (AvgIpc) is 3.66. The molecule has 2 aromatic carbocycles. The summed E-state index contributed by atoms with van der Waals surface area (Å²) in [7, 11) is -3.62. The first-order valence-corrected chi connectivity index (χ1v) is 13.3. The number of nitrogens with zero attached hydrogens (tertiary/aromatic N) is 3. The Labute approximate surface area is 204 Å². The molecule has 1 atom stereocenters. The van der Waals surface area contributed by atoms with Crippen LogP contribution in [-0.2, 0) is 19.6 Å². The van der Waals surface area contributed by atoms with Crippen molar-refractivity contribution in [3.8, 4) is 0 Å². The van der Waals surface area contributed by atoms with E-state index >= 15 is 0 Å². The third kappa shape index (κ3) is 4.43. The molecule has 5 rings (SSSR count). The van der Waals surface area contributed by atoms with Crippen LogP contribution in [0, 0.1) is 6.92 Å². The summed E-state index contributed by atoms with van der Waals surface area (Å²) in [5, 5.41) is 2.71. The Morgan fingerprint density at radius 2 is 1.63 bits per heavy atom. The van der Waals surface area contributed by atoms with Crippen molar-refractivity contribution in [2.75, 3.05) is 32.7 Å². The summed E-state index contributed by atoms with van der Waals surface area (Å²) in [6, 6.07) is 13.1. The topological polar surface area (TPSA) is 107 Å². The number of fused-ring (bicyclic) bond motifs is 1. The zero-order chi connectivity index (χ0) is 24.7. The lowest BCUT2D eigenvalue weighted by molar-refractivity contribution is -0.135. The van der Waals surface area contributed by atoms with E-state index in [1.807, 2.05) is 6.92 Å². The number of sulfonamides is 1. The molecule has 0 bridgehead atoms. The molecule has 35 heavy (non-hydrogen) atoms. The van der Waals surface area contributed by atoms with Crippen molar-refractivity contribution < 1.29 is 22.8 Å². The van der Waals surface area contributed by atoms with E-state index in [-0.39, 0.29) is 61.4 Å². The summed E-state index contributed by atoms with van der Waals surface area (Å²) in [5.41, 5.74) is 2.19. The molecule has 1 N–H and O–H groups in total. The minimum absolute atomic E-state index is 0.0601. The van der Waals surface area contributed by atoms with Crippen LogP contribution in [-0.4, -0.2) is 79.0 Å². The average molecular weight is 497 g/mol. The fraction of sp³-hybridized carbons (Fsp3) is 0.400. The number of carbonyl (C=O) groups is 3. The molecule has 0 radical (unpaired) electrons. The van der Waals surface area contributed by atoms with Crippen LogP contribution in [0.5, 0.6) is 0 Å². The Kier molecular flexibility index (Phi) is 6.10. The van der Waals surface area contributed by atoms with Gasteiger partial charge in [-0.2, -0.15) is 4.31 Å². The Bertz CT molecular complexity index is 1270. The fourth-order valence-corrected chi connectivity index (χ4v) is 6.16. The third-order valence-corrected chi connectivity index (χ3v) is 8.76. The maximum Gasteiger partial charge on any atom is 0.255 e. The molecule has 0 aromatic heterocycles. The molecular weight excluding hydrogens is 468 g/mol. The van der Waals surface area contributed by atoms with Crippen molar-refractivity contribution in [1.82, 2.24) is 19.4 Å². The minimum atomic E-state index is -3.62. The lowest BCUT2D eigenvalue weighted by atomic mass is 10.0. The van der Waals surface area contributed by atoms with E-state index < -0.39 is 16.1 Å². The SMILES string of the molecule is Cc1ccc(S(=O)(=O)N2CCN(C(=O)CNC(=O)C3c4ccccc4C(=O)N3C3CC3)CC2)cc1. The number of hydrogen-bond acceptors (Lipinski definition) is 5. The van der Waals surface area contributed by atoms with Gasteiger partial charge in [-0.3, -0.25) is 14.4 Å². The first-order chi connectivity index (χ1) is 16.8. The van der Waals surface area contributed by atoms with Gasteiger partial charge in [-0.1, -0.05) is 35.9 Å². The standard InChI is InChI=1S/C25H28N4O5S/c1-17-6-10-19(11-7-17)35(33,34)28-14-12-27(13-15-28)22(30)16-26-24(31)23-20-4-2-3-5-21(20)25(32)29(23)18-8-9-18/h2-7,10-11,18,23H,8-9,12-16H2,1H3,(H,26,31). The molecule has 1 saturated carbocycles. The molecule has 1 unspecified atom stereocenters. The first kappa shape index (κ1) is 23.5. The van der Waals surface area contributed by atoms with Crippen LogP contribution in [0.1, 0.15) is 40.4 Å². The summed E-state index contributed by atoms with van der Waals surface area (Å²) in [6.07, 6.45) is 1.75. The van der Waals surface area contributed by atoms with E-state index in [9.17, 15) is 22.8 Å². The Hall–Kier alpha value is -3.24. The predicted octanol–water partition coefficient (Wildman–Crippen LogP) is 1.30. The van der Waals surface area contributed by atoms with Crippen molar-refractivity contribution in [2.45, 2.75) is 36.7 Å². The maximum absolute atomic E-state index is 13.1. The van der Waals surface area contributed by atoms with Gasteiger partial charge in [-0.15, -0.1) is 0 Å². The summed E-state index contributed by atoms with van der Waals surface area (Å²) < 4.78 is 27.2. The molecule has 184 valence electrons. The zero-order valence-corrected chi connectivity index (χ0v) is 20.3. The van der Waals surface area contributed by atoms with Crippen molar-refractivity contribution >= 4 is 27.7 Å². The maximum atomic E-state index is 13.1. The molecule has 2 aliphatic heterocycles. The van der Waals surface area contributed by atoms with Gasteiger partial charge in [0.15, 0.2) is 0 Å². The van der Waals surface area contributed by atoms with E-state index in [4.69, 9.17) is 0 Å². The van der Waals surface area contributed by atoms with Crippen molar-refractivity contribution in [1.29, 1.82) is 0 Å². The number of aryl methyl sites for hydroxylation is 1. The molecule has 3 amide bonds. The molecular formula is C25H28N4O5S. The second-order valence-corrected chi connectivity index (χ2v) is 11.2. The number of benzene rings is 2. The van der Waals surface area contributed by atoms with Crippen LogP contribution in [0.25, 0.3) is 0 Å². The minimum Gasteiger partial charge on any atom is -0.345 e. The lowest BCUT2D eigenvalue weighted by Crippen LogP contribution is -2.53. The highest BCUT2D eigenvalue weighted by Gasteiger charge is 2.47. The molecule has 2 heterocycles. The second kappa shape index (κ2) is 9.09. The highest BCUT2D eigenvalue weighted by Crippen LogP contribution is 2.41. The van der Waals surface area contributed by atoms with E-state index in [0.29, 0.717) is 11.1 Å². The van der Waals surface area contributed by atoms with Crippen LogP contribution in [0.4, 0.5) is 0 Å². The Morgan fingerprint density at radius 1 is 0.971 bits per heavy atom. The number of carbonyl (C=O) groups excluding carboxylic acids is 3. The van der Waals surface area contributed by atoms with Gasteiger partial charge in [-0.05, 0) is 43.5 Å². The first-order valence-electron chi connectivity index (χ1n) is 11.8. The summed E-state index contributed by atoms with van der Waals surface area (Å²) in [6.45, 7) is 2.57. The van der Waals surface area contributed by atoms with Crippen LogP contribution in [0.15, 0.2) is 53.4 Å². The third-order valence-electron chi connectivity index (χ3n) is 6.85. The zero-order valence-electron chi connectivity index (χ0n) is 19.5. The van der Waals surface area contributed by atoms with Gasteiger partial charge in [0.1, 0.15) is 6.04 Å². The van der Waals surface area contributed by atoms with Gasteiger partial charge in [-0.25, -0.2) is 8.42 Å². The largest absolute Gasteiger partial charge is 0.345 e. The van der Waals surface area contributed by atoms with Crippen LogP contribution < -0.4 is 5.32 Å². The summed E-state index contributed by atoms with van der Waals surface area (Å²) in [4.78, 5) is 42.1. The molecule has 3 aliphatic rings. The molecule has 2 fully saturated rings. The number of rotatable bonds is 6. The quantitative estimate of drug-likeness (QED) is 0.649. The predicted molar refractivity (Wildman–Crippen MR) is 128 cm³/mol. The van der Waals surface area contributed by atoms with Crippen LogP contribution >= 0.6 is 0 Å².